The van der Waals surface area contributed by atoms with Crippen molar-refractivity contribution in [3.63, 3.8) is 0 Å². The Morgan fingerprint density at radius 1 is 0.811 bits per heavy atom. The summed E-state index contributed by atoms with van der Waals surface area (Å²) in [6, 6.07) is 29.2. The van der Waals surface area contributed by atoms with E-state index in [4.69, 9.17) is 9.40 Å². The molecule has 6 aromatic rings. The number of pyridine rings is 2. The molecule has 0 aliphatic heterocycles. The second kappa shape index (κ2) is 16.8. The summed E-state index contributed by atoms with van der Waals surface area (Å²) in [7, 11) is 0. The van der Waals surface area contributed by atoms with Crippen LogP contribution < -0.4 is 4.40 Å². The molecule has 53 heavy (non-hydrogen) atoms. The van der Waals surface area contributed by atoms with Crippen LogP contribution in [0, 0.1) is 30.7 Å². The van der Waals surface area contributed by atoms with Gasteiger partial charge in [0.25, 0.3) is 0 Å². The minimum absolute atomic E-state index is 0. The molecule has 5 nitrogen and oxygen atoms in total. The first-order valence-electron chi connectivity index (χ1n) is 18.8. The third-order valence-corrected chi connectivity index (χ3v) is 15.6. The molecule has 6 rings (SSSR count). The predicted octanol–water partition coefficient (Wildman–Crippen LogP) is 12.5. The van der Waals surface area contributed by atoms with Crippen LogP contribution in [0.2, 0.25) is 17.3 Å². The summed E-state index contributed by atoms with van der Waals surface area (Å²) in [6.45, 7) is 16.1. The molecule has 0 aliphatic rings. The summed E-state index contributed by atoms with van der Waals surface area (Å²) in [6.07, 6.45) is 4.75. The van der Waals surface area contributed by atoms with Gasteiger partial charge in [0.2, 0.25) is 0 Å². The van der Waals surface area contributed by atoms with Gasteiger partial charge in [0.05, 0.1) is 0 Å². The Balaban J connectivity index is 0.000000299. The number of benzene rings is 3. The Morgan fingerprint density at radius 2 is 1.45 bits per heavy atom. The number of hydrogen-bond donors (Lipinski definition) is 1. The van der Waals surface area contributed by atoms with Crippen molar-refractivity contribution < 1.29 is 34.4 Å². The van der Waals surface area contributed by atoms with Crippen molar-refractivity contribution in [2.24, 2.45) is 10.8 Å². The Kier molecular flexibility index (Phi) is 13.4. The van der Waals surface area contributed by atoms with Crippen molar-refractivity contribution in [2.45, 2.75) is 98.3 Å². The monoisotopic (exact) mass is 950 g/mol. The van der Waals surface area contributed by atoms with Crippen molar-refractivity contribution in [3.8, 4) is 22.4 Å². The number of fused-ring (bicyclic) bond motifs is 4. The molecule has 0 unspecified atom stereocenters. The second-order valence-corrected chi connectivity index (χ2v) is 26.4. The van der Waals surface area contributed by atoms with Crippen LogP contribution in [0.5, 0.6) is 0 Å². The number of carbonyl (C=O) groups is 1. The minimum atomic E-state index is -2.01. The van der Waals surface area contributed by atoms with Gasteiger partial charge in [-0.25, -0.2) is 0 Å². The molecule has 0 saturated carbocycles. The van der Waals surface area contributed by atoms with Crippen LogP contribution >= 0.6 is 0 Å². The first kappa shape index (κ1) is 42.2. The van der Waals surface area contributed by atoms with Crippen LogP contribution in [0.3, 0.4) is 0 Å². The van der Waals surface area contributed by atoms with Gasteiger partial charge in [-0.05, 0) is 32.6 Å². The number of aryl methyl sites for hydroxylation is 2. The van der Waals surface area contributed by atoms with Crippen LogP contribution in [-0.2, 0) is 24.9 Å². The van der Waals surface area contributed by atoms with E-state index >= 15 is 0 Å². The molecular formula is C46H55GeIrN2O3-. The number of aromatic nitrogens is 2. The van der Waals surface area contributed by atoms with Gasteiger partial charge in [-0.15, -0.1) is 0 Å². The van der Waals surface area contributed by atoms with E-state index in [0.717, 1.165) is 75.8 Å². The Bertz CT molecular complexity index is 2260. The fourth-order valence-electron chi connectivity index (χ4n) is 6.60. The molecular weight excluding hydrogens is 893 g/mol. The van der Waals surface area contributed by atoms with Crippen LogP contribution in [0.1, 0.15) is 78.6 Å². The van der Waals surface area contributed by atoms with Crippen LogP contribution in [0.15, 0.2) is 89.0 Å². The van der Waals surface area contributed by atoms with Gasteiger partial charge in [-0.1, -0.05) is 41.5 Å². The predicted molar refractivity (Wildman–Crippen MR) is 222 cm³/mol. The number of aliphatic hydroxyl groups is 1. The Hall–Kier alpha value is -3.58. The molecule has 281 valence electrons. The third-order valence-electron chi connectivity index (χ3n) is 11.3. The first-order valence-corrected chi connectivity index (χ1v) is 26.1. The minimum Gasteiger partial charge on any atom is 0 e. The fraction of sp³-hybridized carbons (Fsp3) is 0.370. The molecule has 3 heterocycles. The number of carbonyl (C=O) groups excluding carboxylic acids is 1. The zero-order chi connectivity index (χ0) is 38.0. The standard InChI is InChI=1S/C31H27GeN2O.C15H28O2.Ir/c1-19-16-27-23-12-9-13-24(31(23)35-30(27)20(2)33-19)29-18-25(21-10-7-6-8-11-21)26-17-22(32(3,4)5)14-15-28(26)34-29;1-7-14(5,8-2)12(16)11-13(17)15(6,9-3)10-4;/h6-12,14-18H,1-5H3;11,16H,7-10H2,1-6H3;/q-1;;/b;12-11-;. The molecule has 0 aliphatic carbocycles. The van der Waals surface area contributed by atoms with Gasteiger partial charge in [0.15, 0.2) is 5.78 Å². The van der Waals surface area contributed by atoms with Gasteiger partial charge < -0.3 is 5.11 Å². The Labute approximate surface area is 332 Å². The summed E-state index contributed by atoms with van der Waals surface area (Å²) >= 11 is -2.01. The summed E-state index contributed by atoms with van der Waals surface area (Å²) < 4.78 is 7.90. The number of rotatable bonds is 10. The van der Waals surface area contributed by atoms with E-state index in [2.05, 4.69) is 95.0 Å². The second-order valence-electron chi connectivity index (χ2n) is 15.8. The molecule has 0 saturated heterocycles. The van der Waals surface area contributed by atoms with E-state index in [1.807, 2.05) is 61.5 Å². The number of aliphatic hydroxyl groups excluding tert-OH is 1. The van der Waals surface area contributed by atoms with Gasteiger partial charge in [-0.2, -0.15) is 0 Å². The van der Waals surface area contributed by atoms with E-state index in [-0.39, 0.29) is 42.5 Å². The summed E-state index contributed by atoms with van der Waals surface area (Å²) in [4.78, 5) is 21.9. The molecule has 1 N–H and O–H groups in total. The SMILES string of the molecule is CCC(C)(CC)C(=O)/C=C(\O)C(C)(CC)CC.Cc1cc2c(oc3c(-c4cc(-c5ccccc5)c5c[c]([Ge]([CH3])([CH3])[CH3])ccc5n4)[c-]ccc32)c(C)n1.[Ir]. The van der Waals surface area contributed by atoms with Gasteiger partial charge >= 0.3 is 202 Å². The summed E-state index contributed by atoms with van der Waals surface area (Å²) in [5.41, 5.74) is 8.05. The number of ketones is 1. The van der Waals surface area contributed by atoms with E-state index in [1.165, 1.54) is 27.0 Å². The van der Waals surface area contributed by atoms with Crippen molar-refractivity contribution in [2.75, 3.05) is 0 Å². The maximum atomic E-state index is 12.2. The van der Waals surface area contributed by atoms with Crippen LogP contribution in [-0.4, -0.2) is 34.1 Å². The Morgan fingerprint density at radius 3 is 2.06 bits per heavy atom. The maximum absolute atomic E-state index is 12.2. The van der Waals surface area contributed by atoms with Gasteiger partial charge in [0.1, 0.15) is 5.76 Å². The van der Waals surface area contributed by atoms with Gasteiger partial charge in [-0.3, -0.25) is 4.79 Å². The topological polar surface area (TPSA) is 76.2 Å². The third kappa shape index (κ3) is 8.72. The zero-order valence-electron chi connectivity index (χ0n) is 33.3. The van der Waals surface area contributed by atoms with E-state index in [9.17, 15) is 9.90 Å². The molecule has 0 fully saturated rings. The quantitative estimate of drug-likeness (QED) is 0.0641. The summed E-state index contributed by atoms with van der Waals surface area (Å²) in [5.74, 6) is 7.58. The van der Waals surface area contributed by atoms with Crippen LogP contribution in [0.25, 0.3) is 55.2 Å². The van der Waals surface area contributed by atoms with Crippen molar-refractivity contribution >= 4 is 56.3 Å². The smallest absolute Gasteiger partial charge is 0 e. The number of hydrogen-bond acceptors (Lipinski definition) is 5. The molecule has 0 bridgehead atoms. The van der Waals surface area contributed by atoms with Crippen molar-refractivity contribution in [1.29, 1.82) is 0 Å². The molecule has 0 atom stereocenters. The first-order chi connectivity index (χ1) is 24.6. The molecule has 1 radical (unpaired) electrons. The number of furan rings is 1. The average Bonchev–Trinajstić information content (AvgIpc) is 3.52. The normalized spacial score (nSPS) is 12.5. The van der Waals surface area contributed by atoms with Gasteiger partial charge in [0, 0.05) is 37.0 Å². The van der Waals surface area contributed by atoms with E-state index < -0.39 is 13.3 Å². The van der Waals surface area contributed by atoms with E-state index in [1.54, 1.807) is 0 Å². The zero-order valence-corrected chi connectivity index (χ0v) is 37.8. The van der Waals surface area contributed by atoms with Crippen molar-refractivity contribution in [1.82, 2.24) is 9.97 Å². The molecule has 3 aromatic carbocycles. The fourth-order valence-corrected chi connectivity index (χ4v) is 9.04. The number of nitrogens with zero attached hydrogens (tertiary/aromatic N) is 2. The summed E-state index contributed by atoms with van der Waals surface area (Å²) in [5, 5.41) is 13.5. The molecule has 7 heteroatoms. The van der Waals surface area contributed by atoms with E-state index in [0.29, 0.717) is 0 Å². The average molecular weight is 949 g/mol. The molecule has 0 spiro atoms. The van der Waals surface area contributed by atoms with Crippen molar-refractivity contribution in [3.05, 3.63) is 102 Å². The van der Waals surface area contributed by atoms with Crippen LogP contribution in [0.4, 0.5) is 0 Å². The number of allylic oxidation sites excluding steroid dienone is 2. The molecule has 3 aromatic heterocycles. The molecule has 0 amide bonds.